The van der Waals surface area contributed by atoms with Gasteiger partial charge in [0.2, 0.25) is 0 Å². The van der Waals surface area contributed by atoms with Gasteiger partial charge < -0.3 is 9.47 Å². The van der Waals surface area contributed by atoms with Gasteiger partial charge in [-0.15, -0.1) is 0 Å². The van der Waals surface area contributed by atoms with Crippen molar-refractivity contribution >= 4 is 43.1 Å². The maximum atomic E-state index is 6.75. The Kier molecular flexibility index (Phi) is 7.67. The van der Waals surface area contributed by atoms with Crippen LogP contribution in [0.5, 0.6) is 23.0 Å². The molecule has 1 aliphatic heterocycles. The Labute approximate surface area is 325 Å². The molecule has 0 saturated carbocycles. The molecule has 0 radical (unpaired) electrons. The van der Waals surface area contributed by atoms with Crippen molar-refractivity contribution in [3.8, 4) is 23.0 Å². The zero-order valence-corrected chi connectivity index (χ0v) is 30.6. The smallest absolute Gasteiger partial charge is 0.170 e. The van der Waals surface area contributed by atoms with E-state index in [1.165, 1.54) is 65.3 Å². The second-order valence-corrected chi connectivity index (χ2v) is 14.8. The van der Waals surface area contributed by atoms with Crippen molar-refractivity contribution in [3.05, 3.63) is 240 Å². The number of hydrogen-bond acceptors (Lipinski definition) is 2. The van der Waals surface area contributed by atoms with Gasteiger partial charge in [0.15, 0.2) is 23.0 Å². The molecule has 10 aromatic rings. The summed E-state index contributed by atoms with van der Waals surface area (Å²) in [5.41, 5.74) is 7.27. The van der Waals surface area contributed by atoms with E-state index in [4.69, 9.17) is 9.47 Å². The molecule has 0 saturated heterocycles. The molecule has 0 spiro atoms. The summed E-state index contributed by atoms with van der Waals surface area (Å²) in [5.74, 6) is 2.81. The number of rotatable bonds is 6. The molecule has 2 heteroatoms. The molecule has 0 fully saturated rings. The topological polar surface area (TPSA) is 18.5 Å². The normalized spacial score (nSPS) is 13.1. The largest absolute Gasteiger partial charge is 0.450 e. The second-order valence-electron chi connectivity index (χ2n) is 14.8. The Bertz CT molecular complexity index is 2880. The number of fused-ring (bicyclic) bond motifs is 8. The minimum Gasteiger partial charge on any atom is -0.450 e. The molecule has 1 aliphatic rings. The zero-order valence-electron chi connectivity index (χ0n) is 30.6. The second kappa shape index (κ2) is 13.3. The molecule has 2 unspecified atom stereocenters. The van der Waals surface area contributed by atoms with Crippen molar-refractivity contribution in [2.45, 2.75) is 11.8 Å². The van der Waals surface area contributed by atoms with E-state index >= 15 is 0 Å². The Balaban J connectivity index is 1.01. The number of benzene rings is 10. The van der Waals surface area contributed by atoms with E-state index in [1.54, 1.807) is 0 Å². The lowest BCUT2D eigenvalue weighted by Gasteiger charge is -2.27. The van der Waals surface area contributed by atoms with Gasteiger partial charge in [-0.05, 0) is 113 Å². The van der Waals surface area contributed by atoms with Crippen molar-refractivity contribution < 1.29 is 9.47 Å². The minimum atomic E-state index is -0.0215. The van der Waals surface area contributed by atoms with Crippen molar-refractivity contribution in [1.82, 2.24) is 0 Å². The van der Waals surface area contributed by atoms with Gasteiger partial charge in [-0.2, -0.15) is 0 Å². The SMILES string of the molecule is c1ccc(C(c2ccc3c(c2)Oc2ccc(C(c4ccccc4)c4cc5ccccc5c5ccccc45)cc2O3)c2cc3ccccc3c3ccccc23)cc1. The quantitative estimate of drug-likeness (QED) is 0.126. The molecule has 0 aliphatic carbocycles. The predicted molar refractivity (Wildman–Crippen MR) is 231 cm³/mol. The van der Waals surface area contributed by atoms with Gasteiger partial charge in [0.05, 0.1) is 0 Å². The maximum absolute atomic E-state index is 6.75. The summed E-state index contributed by atoms with van der Waals surface area (Å²) in [6.45, 7) is 0. The highest BCUT2D eigenvalue weighted by atomic mass is 16.6. The van der Waals surface area contributed by atoms with Gasteiger partial charge in [-0.1, -0.05) is 170 Å². The van der Waals surface area contributed by atoms with Crippen molar-refractivity contribution in [1.29, 1.82) is 0 Å². The van der Waals surface area contributed by atoms with Crippen LogP contribution in [-0.4, -0.2) is 0 Å². The predicted octanol–water partition coefficient (Wildman–Crippen LogP) is 14.6. The molecule has 0 amide bonds. The van der Waals surface area contributed by atoms with Gasteiger partial charge >= 0.3 is 0 Å². The lowest BCUT2D eigenvalue weighted by atomic mass is 9.81. The lowest BCUT2D eigenvalue weighted by molar-refractivity contribution is 0.358. The van der Waals surface area contributed by atoms with Crippen LogP contribution in [0.4, 0.5) is 0 Å². The third-order valence-electron chi connectivity index (χ3n) is 11.5. The summed E-state index contributed by atoms with van der Waals surface area (Å²) in [5, 5.41) is 10.0. The van der Waals surface area contributed by atoms with E-state index in [2.05, 4.69) is 206 Å². The van der Waals surface area contributed by atoms with Crippen LogP contribution in [0.2, 0.25) is 0 Å². The van der Waals surface area contributed by atoms with Crippen LogP contribution >= 0.6 is 0 Å². The first kappa shape index (κ1) is 32.3. The molecule has 0 aromatic heterocycles. The van der Waals surface area contributed by atoms with Gasteiger partial charge in [0.25, 0.3) is 0 Å². The molecular formula is C54H36O2. The highest BCUT2D eigenvalue weighted by molar-refractivity contribution is 6.10. The molecule has 2 atom stereocenters. The first-order valence-electron chi connectivity index (χ1n) is 19.3. The minimum absolute atomic E-state index is 0.0215. The van der Waals surface area contributed by atoms with Gasteiger partial charge in [-0.25, -0.2) is 0 Å². The average molecular weight is 717 g/mol. The fraction of sp³-hybridized carbons (Fsp3) is 0.0370. The Morgan fingerprint density at radius 1 is 0.250 bits per heavy atom. The summed E-state index contributed by atoms with van der Waals surface area (Å²) in [6.07, 6.45) is 0. The molecule has 10 aromatic carbocycles. The van der Waals surface area contributed by atoms with Crippen molar-refractivity contribution in [3.63, 3.8) is 0 Å². The van der Waals surface area contributed by atoms with Crippen molar-refractivity contribution in [2.24, 2.45) is 0 Å². The highest BCUT2D eigenvalue weighted by Gasteiger charge is 2.27. The van der Waals surface area contributed by atoms with Crippen molar-refractivity contribution in [2.75, 3.05) is 0 Å². The Morgan fingerprint density at radius 3 is 1.04 bits per heavy atom. The Morgan fingerprint density at radius 2 is 0.607 bits per heavy atom. The summed E-state index contributed by atoms with van der Waals surface area (Å²) in [7, 11) is 0. The fourth-order valence-corrected chi connectivity index (χ4v) is 9.01. The van der Waals surface area contributed by atoms with E-state index in [0.717, 1.165) is 11.1 Å². The number of hydrogen-bond donors (Lipinski definition) is 0. The zero-order chi connectivity index (χ0) is 37.0. The van der Waals surface area contributed by atoms with Gasteiger partial charge in [0, 0.05) is 11.8 Å². The van der Waals surface area contributed by atoms with Crippen LogP contribution in [0.25, 0.3) is 43.1 Å². The van der Waals surface area contributed by atoms with Crippen LogP contribution < -0.4 is 9.47 Å². The third-order valence-corrected chi connectivity index (χ3v) is 11.5. The maximum Gasteiger partial charge on any atom is 0.170 e. The fourth-order valence-electron chi connectivity index (χ4n) is 9.01. The van der Waals surface area contributed by atoms with Crippen LogP contribution in [0.15, 0.2) is 206 Å². The summed E-state index contributed by atoms with van der Waals surface area (Å²) < 4.78 is 13.5. The van der Waals surface area contributed by atoms with Gasteiger partial charge in [-0.3, -0.25) is 0 Å². The van der Waals surface area contributed by atoms with E-state index in [9.17, 15) is 0 Å². The monoisotopic (exact) mass is 716 g/mol. The molecule has 1 heterocycles. The van der Waals surface area contributed by atoms with E-state index in [0.29, 0.717) is 23.0 Å². The highest BCUT2D eigenvalue weighted by Crippen LogP contribution is 2.50. The Hall–Kier alpha value is -7.16. The molecule has 11 rings (SSSR count). The first-order chi connectivity index (χ1) is 27.8. The third kappa shape index (κ3) is 5.41. The molecule has 56 heavy (non-hydrogen) atoms. The van der Waals surface area contributed by atoms with Crippen LogP contribution in [0, 0.1) is 0 Å². The standard InChI is InChI=1S/C54H36O2/c1-3-15-35(16-4-1)53(47-31-37-19-7-9-21-41(37)43-23-11-13-25-45(43)47)39-27-29-49-51(33-39)55-50-30-28-40(34-52(50)56-49)54(36-17-5-2-6-18-36)48-32-38-20-8-10-22-42(38)44-24-12-14-26-46(44)48/h1-34,53-54H. The molecule has 0 bridgehead atoms. The van der Waals surface area contributed by atoms with Gasteiger partial charge in [0.1, 0.15) is 0 Å². The first-order valence-corrected chi connectivity index (χ1v) is 19.3. The average Bonchev–Trinajstić information content (AvgIpc) is 3.26. The van der Waals surface area contributed by atoms with E-state index in [1.807, 2.05) is 0 Å². The van der Waals surface area contributed by atoms with E-state index in [-0.39, 0.29) is 11.8 Å². The number of ether oxygens (including phenoxy) is 2. The van der Waals surface area contributed by atoms with Crippen LogP contribution in [0.3, 0.4) is 0 Å². The molecule has 0 N–H and O–H groups in total. The molecule has 264 valence electrons. The van der Waals surface area contributed by atoms with Crippen LogP contribution in [0.1, 0.15) is 45.2 Å². The summed E-state index contributed by atoms with van der Waals surface area (Å²) >= 11 is 0. The molecular weight excluding hydrogens is 681 g/mol. The van der Waals surface area contributed by atoms with E-state index < -0.39 is 0 Å². The molecule has 2 nitrogen and oxygen atoms in total. The van der Waals surface area contributed by atoms with Crippen LogP contribution in [-0.2, 0) is 0 Å². The lowest BCUT2D eigenvalue weighted by Crippen LogP contribution is -2.08. The summed E-state index contributed by atoms with van der Waals surface area (Å²) in [4.78, 5) is 0. The summed E-state index contributed by atoms with van der Waals surface area (Å²) in [6, 6.07) is 74.1.